The summed E-state index contributed by atoms with van der Waals surface area (Å²) in [6.07, 6.45) is 27.2. The van der Waals surface area contributed by atoms with Gasteiger partial charge in [0.05, 0.1) is 6.07 Å². The summed E-state index contributed by atoms with van der Waals surface area (Å²) in [6.45, 7) is 2.25. The second-order valence-corrected chi connectivity index (χ2v) is 10.1. The van der Waals surface area contributed by atoms with E-state index in [-0.39, 0.29) is 0 Å². The van der Waals surface area contributed by atoms with Gasteiger partial charge in [0.25, 0.3) is 0 Å². The van der Waals surface area contributed by atoms with Gasteiger partial charge in [-0.1, -0.05) is 81.5 Å². The summed E-state index contributed by atoms with van der Waals surface area (Å²) < 4.78 is 0. The number of allylic oxidation sites excluding steroid dienone is 4. The van der Waals surface area contributed by atoms with Crippen molar-refractivity contribution in [1.82, 2.24) is 0 Å². The van der Waals surface area contributed by atoms with E-state index in [1.165, 1.54) is 101 Å². The van der Waals surface area contributed by atoms with Crippen molar-refractivity contribution in [3.63, 3.8) is 0 Å². The van der Waals surface area contributed by atoms with E-state index in [0.717, 1.165) is 23.7 Å². The number of unbranched alkanes of at least 4 members (excludes halogenated alkanes) is 1. The van der Waals surface area contributed by atoms with Crippen molar-refractivity contribution in [2.75, 3.05) is 0 Å². The van der Waals surface area contributed by atoms with E-state index in [1.54, 1.807) is 6.08 Å². The summed E-state index contributed by atoms with van der Waals surface area (Å²) in [5.74, 6) is 3.71. The third kappa shape index (κ3) is 8.33. The van der Waals surface area contributed by atoms with E-state index < -0.39 is 0 Å². The number of hydrogen-bond acceptors (Lipinski definition) is 1. The zero-order chi connectivity index (χ0) is 21.7. The zero-order valence-corrected chi connectivity index (χ0v) is 19.8. The van der Waals surface area contributed by atoms with Crippen molar-refractivity contribution in [2.45, 2.75) is 96.8 Å². The molecule has 0 heterocycles. The summed E-state index contributed by atoms with van der Waals surface area (Å²) in [5, 5.41) is 8.56. The molecule has 0 aliphatic heterocycles. The van der Waals surface area contributed by atoms with Gasteiger partial charge in [-0.3, -0.25) is 0 Å². The number of aryl methyl sites for hydroxylation is 2. The van der Waals surface area contributed by atoms with E-state index in [0.29, 0.717) is 0 Å². The maximum absolute atomic E-state index is 8.56. The van der Waals surface area contributed by atoms with Gasteiger partial charge in [-0.2, -0.15) is 5.26 Å². The largest absolute Gasteiger partial charge is 0.193 e. The highest BCUT2D eigenvalue weighted by Crippen LogP contribution is 2.42. The fraction of sp³-hybridized carbons (Fsp3) is 0.633. The van der Waals surface area contributed by atoms with Crippen LogP contribution < -0.4 is 0 Å². The molecular weight excluding hydrogens is 374 g/mol. The minimum Gasteiger partial charge on any atom is -0.193 e. The molecule has 1 aromatic rings. The topological polar surface area (TPSA) is 23.8 Å². The van der Waals surface area contributed by atoms with Crippen LogP contribution in [0, 0.1) is 35.0 Å². The normalized spacial score (nSPS) is 27.0. The smallest absolute Gasteiger partial charge is 0.0912 e. The number of benzene rings is 1. The van der Waals surface area contributed by atoms with E-state index >= 15 is 0 Å². The third-order valence-electron chi connectivity index (χ3n) is 7.93. The molecule has 1 aromatic carbocycles. The lowest BCUT2D eigenvalue weighted by Crippen LogP contribution is -2.25. The second kappa shape index (κ2) is 13.6. The van der Waals surface area contributed by atoms with Crippen molar-refractivity contribution in [3.8, 4) is 6.07 Å². The second-order valence-electron chi connectivity index (χ2n) is 10.1. The predicted octanol–water partition coefficient (Wildman–Crippen LogP) is 8.60. The Morgan fingerprint density at radius 2 is 1.42 bits per heavy atom. The zero-order valence-electron chi connectivity index (χ0n) is 19.8. The third-order valence-corrected chi connectivity index (χ3v) is 7.93. The van der Waals surface area contributed by atoms with E-state index in [4.69, 9.17) is 5.26 Å². The molecular formula is C30H43N. The predicted molar refractivity (Wildman–Crippen MR) is 133 cm³/mol. The van der Waals surface area contributed by atoms with Crippen molar-refractivity contribution >= 4 is 0 Å². The minimum atomic E-state index is 0.735. The molecule has 2 aliphatic carbocycles. The SMILES string of the molecule is CCCc1ccc(CCCCC2CCC(C3CCC(C=CC=CC#N)CC3)CC2)cc1. The Morgan fingerprint density at radius 1 is 0.806 bits per heavy atom. The molecule has 2 saturated carbocycles. The number of hydrogen-bond donors (Lipinski definition) is 0. The van der Waals surface area contributed by atoms with Crippen LogP contribution in [0.4, 0.5) is 0 Å². The molecule has 31 heavy (non-hydrogen) atoms. The van der Waals surface area contributed by atoms with Crippen LogP contribution >= 0.6 is 0 Å². The van der Waals surface area contributed by atoms with Crippen molar-refractivity contribution in [3.05, 3.63) is 59.7 Å². The first-order valence-electron chi connectivity index (χ1n) is 13.1. The van der Waals surface area contributed by atoms with E-state index in [1.807, 2.05) is 6.08 Å². The van der Waals surface area contributed by atoms with Gasteiger partial charge in [0.2, 0.25) is 0 Å². The Labute approximate surface area is 191 Å². The first-order chi connectivity index (χ1) is 15.3. The lowest BCUT2D eigenvalue weighted by atomic mass is 9.68. The van der Waals surface area contributed by atoms with Gasteiger partial charge < -0.3 is 0 Å². The van der Waals surface area contributed by atoms with Gasteiger partial charge in [0.15, 0.2) is 0 Å². The van der Waals surface area contributed by atoms with Crippen LogP contribution in [0.1, 0.15) is 95.1 Å². The summed E-state index contributed by atoms with van der Waals surface area (Å²) >= 11 is 0. The molecule has 0 aromatic heterocycles. The molecule has 0 unspecified atom stereocenters. The Morgan fingerprint density at radius 3 is 2.03 bits per heavy atom. The van der Waals surface area contributed by atoms with Crippen LogP contribution in [0.15, 0.2) is 48.6 Å². The van der Waals surface area contributed by atoms with Crippen LogP contribution in [-0.4, -0.2) is 0 Å². The number of rotatable bonds is 10. The summed E-state index contributed by atoms with van der Waals surface area (Å²) in [4.78, 5) is 0. The van der Waals surface area contributed by atoms with Gasteiger partial charge in [0.1, 0.15) is 0 Å². The van der Waals surface area contributed by atoms with Gasteiger partial charge in [-0.25, -0.2) is 0 Å². The van der Waals surface area contributed by atoms with Gasteiger partial charge in [-0.15, -0.1) is 0 Å². The Hall–Kier alpha value is -1.81. The highest BCUT2D eigenvalue weighted by Gasteiger charge is 2.30. The summed E-state index contributed by atoms with van der Waals surface area (Å²) in [5.41, 5.74) is 3.01. The van der Waals surface area contributed by atoms with Crippen LogP contribution in [0.2, 0.25) is 0 Å². The van der Waals surface area contributed by atoms with E-state index in [2.05, 4.69) is 49.4 Å². The molecule has 0 radical (unpaired) electrons. The standard InChI is InChI=1S/C30H43N/c1-2-8-25-12-14-26(15-13-25)10-5-6-11-28-18-22-30(23-19-28)29-20-16-27(17-21-29)9-4-3-7-24-31/h3-4,7,9,12-15,27-30H,2,5-6,8,10-11,16-23H2,1H3. The quantitative estimate of drug-likeness (QED) is 0.212. The molecule has 1 heteroatoms. The molecule has 0 amide bonds. The Kier molecular flexibility index (Phi) is 10.4. The van der Waals surface area contributed by atoms with Crippen LogP contribution in [0.5, 0.6) is 0 Å². The highest BCUT2D eigenvalue weighted by molar-refractivity contribution is 5.22. The van der Waals surface area contributed by atoms with Crippen LogP contribution in [-0.2, 0) is 12.8 Å². The molecule has 1 nitrogen and oxygen atoms in total. The minimum absolute atomic E-state index is 0.735. The lowest BCUT2D eigenvalue weighted by molar-refractivity contribution is 0.151. The fourth-order valence-corrected chi connectivity index (χ4v) is 6.00. The number of nitrogens with zero attached hydrogens (tertiary/aromatic N) is 1. The molecule has 0 saturated heterocycles. The monoisotopic (exact) mass is 417 g/mol. The van der Waals surface area contributed by atoms with Gasteiger partial charge >= 0.3 is 0 Å². The van der Waals surface area contributed by atoms with Gasteiger partial charge in [0, 0.05) is 6.08 Å². The molecule has 0 atom stereocenters. The average Bonchev–Trinajstić information content (AvgIpc) is 2.82. The van der Waals surface area contributed by atoms with Crippen molar-refractivity contribution in [1.29, 1.82) is 5.26 Å². The fourth-order valence-electron chi connectivity index (χ4n) is 6.00. The maximum atomic E-state index is 8.56. The van der Waals surface area contributed by atoms with Crippen molar-refractivity contribution < 1.29 is 0 Å². The number of nitriles is 1. The molecule has 0 N–H and O–H groups in total. The molecule has 2 aliphatic rings. The Balaban J connectivity index is 1.27. The lowest BCUT2D eigenvalue weighted by Gasteiger charge is -2.37. The van der Waals surface area contributed by atoms with Crippen LogP contribution in [0.25, 0.3) is 0 Å². The summed E-state index contributed by atoms with van der Waals surface area (Å²) in [7, 11) is 0. The van der Waals surface area contributed by atoms with Gasteiger partial charge in [-0.05, 0) is 92.6 Å². The molecule has 0 bridgehead atoms. The maximum Gasteiger partial charge on any atom is 0.0912 e. The molecule has 3 rings (SSSR count). The molecule has 0 spiro atoms. The molecule has 2 fully saturated rings. The first kappa shape index (κ1) is 23.8. The van der Waals surface area contributed by atoms with E-state index in [9.17, 15) is 0 Å². The Bertz CT molecular complexity index is 704. The highest BCUT2D eigenvalue weighted by atomic mass is 14.4. The van der Waals surface area contributed by atoms with Crippen molar-refractivity contribution in [2.24, 2.45) is 23.7 Å². The first-order valence-corrected chi connectivity index (χ1v) is 13.1. The molecule has 168 valence electrons. The summed E-state index contributed by atoms with van der Waals surface area (Å²) in [6, 6.07) is 11.4. The van der Waals surface area contributed by atoms with Crippen LogP contribution in [0.3, 0.4) is 0 Å². The average molecular weight is 418 g/mol.